The van der Waals surface area contributed by atoms with Crippen molar-refractivity contribution < 1.29 is 13.9 Å². The van der Waals surface area contributed by atoms with E-state index in [1.807, 2.05) is 42.5 Å². The van der Waals surface area contributed by atoms with Gasteiger partial charge < -0.3 is 9.15 Å². The lowest BCUT2D eigenvalue weighted by molar-refractivity contribution is -0.120. The molecular formula is C20H17ClN2O3. The van der Waals surface area contributed by atoms with Crippen molar-refractivity contribution in [3.8, 4) is 17.1 Å². The van der Waals surface area contributed by atoms with Gasteiger partial charge in [-0.3, -0.25) is 4.79 Å². The average Bonchev–Trinajstić information content (AvgIpc) is 3.11. The molecule has 1 N–H and O–H groups in total. The number of ether oxygens (including phenoxy) is 1. The van der Waals surface area contributed by atoms with Gasteiger partial charge in [0.15, 0.2) is 0 Å². The monoisotopic (exact) mass is 368 g/mol. The van der Waals surface area contributed by atoms with E-state index >= 15 is 0 Å². The van der Waals surface area contributed by atoms with E-state index < -0.39 is 0 Å². The molecule has 0 fully saturated rings. The quantitative estimate of drug-likeness (QED) is 0.521. The van der Waals surface area contributed by atoms with E-state index in [1.165, 1.54) is 6.21 Å². The lowest BCUT2D eigenvalue weighted by Crippen LogP contribution is -2.19. The van der Waals surface area contributed by atoms with Crippen LogP contribution in [0.25, 0.3) is 11.3 Å². The van der Waals surface area contributed by atoms with Gasteiger partial charge in [0.05, 0.1) is 24.8 Å². The van der Waals surface area contributed by atoms with Crippen molar-refractivity contribution in [2.45, 2.75) is 6.42 Å². The summed E-state index contributed by atoms with van der Waals surface area (Å²) in [6.07, 6.45) is 1.73. The normalized spacial score (nSPS) is 10.8. The maximum atomic E-state index is 11.8. The number of nitrogens with zero attached hydrogens (tertiary/aromatic N) is 1. The number of rotatable bonds is 6. The molecule has 3 rings (SSSR count). The van der Waals surface area contributed by atoms with Crippen LogP contribution in [0.15, 0.2) is 70.2 Å². The second-order valence-corrected chi connectivity index (χ2v) is 5.91. The number of methoxy groups -OCH3 is 1. The van der Waals surface area contributed by atoms with E-state index in [9.17, 15) is 4.79 Å². The zero-order chi connectivity index (χ0) is 18.4. The Hall–Kier alpha value is -3.05. The number of carbonyl (C=O) groups excluding carboxylic acids is 1. The van der Waals surface area contributed by atoms with E-state index in [0.717, 1.165) is 11.1 Å². The van der Waals surface area contributed by atoms with Gasteiger partial charge in [-0.15, -0.1) is 0 Å². The molecule has 0 unspecified atom stereocenters. The molecule has 5 nitrogen and oxygen atoms in total. The fourth-order valence-electron chi connectivity index (χ4n) is 2.39. The molecule has 0 radical (unpaired) electrons. The minimum atomic E-state index is -0.193. The van der Waals surface area contributed by atoms with Crippen LogP contribution < -0.4 is 10.2 Å². The topological polar surface area (TPSA) is 63.8 Å². The van der Waals surface area contributed by atoms with E-state index in [0.29, 0.717) is 22.3 Å². The molecule has 1 aromatic heterocycles. The number of hydrogen-bond acceptors (Lipinski definition) is 4. The van der Waals surface area contributed by atoms with E-state index in [-0.39, 0.29) is 12.3 Å². The molecule has 0 atom stereocenters. The molecule has 0 aliphatic heterocycles. The van der Waals surface area contributed by atoms with Crippen LogP contribution in [0.2, 0.25) is 5.02 Å². The largest absolute Gasteiger partial charge is 0.495 e. The Morgan fingerprint density at radius 2 is 2.00 bits per heavy atom. The maximum Gasteiger partial charge on any atom is 0.244 e. The van der Waals surface area contributed by atoms with E-state index in [1.54, 1.807) is 25.3 Å². The molecule has 0 aliphatic rings. The Balaban J connectivity index is 1.60. The van der Waals surface area contributed by atoms with Crippen molar-refractivity contribution in [3.63, 3.8) is 0 Å². The Bertz CT molecular complexity index is 920. The van der Waals surface area contributed by atoms with Gasteiger partial charge in [0.25, 0.3) is 0 Å². The first kappa shape index (κ1) is 17.8. The third-order valence-electron chi connectivity index (χ3n) is 3.65. The van der Waals surface area contributed by atoms with Gasteiger partial charge in [0, 0.05) is 5.56 Å². The summed E-state index contributed by atoms with van der Waals surface area (Å²) >= 11 is 6.13. The second-order valence-electron chi connectivity index (χ2n) is 5.51. The van der Waals surface area contributed by atoms with E-state index in [4.69, 9.17) is 20.8 Å². The van der Waals surface area contributed by atoms with Crippen LogP contribution >= 0.6 is 11.6 Å². The summed E-state index contributed by atoms with van der Waals surface area (Å²) in [7, 11) is 1.56. The number of furan rings is 1. The van der Waals surface area contributed by atoms with Crippen LogP contribution in [-0.4, -0.2) is 19.2 Å². The zero-order valence-corrected chi connectivity index (χ0v) is 14.9. The molecule has 3 aromatic rings. The van der Waals surface area contributed by atoms with Crippen molar-refractivity contribution in [2.24, 2.45) is 5.10 Å². The summed E-state index contributed by atoms with van der Waals surface area (Å²) in [6, 6.07) is 18.4. The van der Waals surface area contributed by atoms with Gasteiger partial charge in [0.2, 0.25) is 5.91 Å². The second kappa shape index (κ2) is 8.36. The Morgan fingerprint density at radius 1 is 1.19 bits per heavy atom. The number of benzene rings is 2. The summed E-state index contributed by atoms with van der Waals surface area (Å²) in [5, 5.41) is 4.43. The number of nitrogens with one attached hydrogen (secondary N) is 1. The summed E-state index contributed by atoms with van der Waals surface area (Å²) in [4.78, 5) is 11.8. The Morgan fingerprint density at radius 3 is 2.73 bits per heavy atom. The molecule has 6 heteroatoms. The highest BCUT2D eigenvalue weighted by Gasteiger charge is 2.07. The molecule has 0 aliphatic carbocycles. The summed E-state index contributed by atoms with van der Waals surface area (Å²) in [5.74, 6) is 1.57. The zero-order valence-electron chi connectivity index (χ0n) is 14.1. The molecule has 0 bridgehead atoms. The third-order valence-corrected chi connectivity index (χ3v) is 3.95. The lowest BCUT2D eigenvalue weighted by Gasteiger charge is -2.04. The number of hydrazone groups is 1. The summed E-state index contributed by atoms with van der Waals surface area (Å²) in [6.45, 7) is 0. The Labute approximate surface area is 156 Å². The molecule has 0 saturated carbocycles. The maximum absolute atomic E-state index is 11.8. The van der Waals surface area contributed by atoms with Gasteiger partial charge in [0.1, 0.15) is 17.3 Å². The molecule has 0 spiro atoms. The number of hydrogen-bond donors (Lipinski definition) is 1. The van der Waals surface area contributed by atoms with Gasteiger partial charge in [-0.2, -0.15) is 5.10 Å². The van der Waals surface area contributed by atoms with Crippen molar-refractivity contribution in [3.05, 3.63) is 77.0 Å². The summed E-state index contributed by atoms with van der Waals surface area (Å²) < 4.78 is 10.8. The predicted octanol–water partition coefficient (Wildman–Crippen LogP) is 4.30. The van der Waals surface area contributed by atoms with Crippen LogP contribution in [-0.2, 0) is 11.2 Å². The fourth-order valence-corrected chi connectivity index (χ4v) is 2.64. The minimum Gasteiger partial charge on any atom is -0.495 e. The lowest BCUT2D eigenvalue weighted by atomic mass is 10.1. The first-order valence-corrected chi connectivity index (χ1v) is 8.33. The van der Waals surface area contributed by atoms with Crippen LogP contribution in [0.1, 0.15) is 11.3 Å². The molecule has 26 heavy (non-hydrogen) atoms. The van der Waals surface area contributed by atoms with Crippen molar-refractivity contribution in [1.82, 2.24) is 5.43 Å². The molecule has 1 heterocycles. The number of carbonyl (C=O) groups is 1. The van der Waals surface area contributed by atoms with Gasteiger partial charge in [-0.25, -0.2) is 5.43 Å². The highest BCUT2D eigenvalue weighted by Crippen LogP contribution is 2.30. The van der Waals surface area contributed by atoms with Gasteiger partial charge in [-0.05, 0) is 35.9 Å². The van der Waals surface area contributed by atoms with Gasteiger partial charge >= 0.3 is 0 Å². The average molecular weight is 369 g/mol. The minimum absolute atomic E-state index is 0.193. The third kappa shape index (κ3) is 4.52. The summed E-state index contributed by atoms with van der Waals surface area (Å²) in [5.41, 5.74) is 4.24. The van der Waals surface area contributed by atoms with Crippen molar-refractivity contribution >= 4 is 23.7 Å². The first-order chi connectivity index (χ1) is 12.7. The fraction of sp³-hybridized carbons (Fsp3) is 0.100. The number of amides is 1. The SMILES string of the molecule is COc1ccc(-c2ccc(/C=N\NC(=O)Cc3ccccc3)o2)cc1Cl. The van der Waals surface area contributed by atoms with Crippen LogP contribution in [0, 0.1) is 0 Å². The van der Waals surface area contributed by atoms with Gasteiger partial charge in [-0.1, -0.05) is 41.9 Å². The van der Waals surface area contributed by atoms with E-state index in [2.05, 4.69) is 10.5 Å². The van der Waals surface area contributed by atoms with Crippen LogP contribution in [0.4, 0.5) is 0 Å². The highest BCUT2D eigenvalue weighted by atomic mass is 35.5. The number of halogens is 1. The van der Waals surface area contributed by atoms with Crippen molar-refractivity contribution in [2.75, 3.05) is 7.11 Å². The predicted molar refractivity (Wildman–Crippen MR) is 102 cm³/mol. The van der Waals surface area contributed by atoms with Crippen LogP contribution in [0.3, 0.4) is 0 Å². The first-order valence-electron chi connectivity index (χ1n) is 7.95. The molecule has 0 saturated heterocycles. The van der Waals surface area contributed by atoms with Crippen LogP contribution in [0.5, 0.6) is 5.75 Å². The molecule has 132 valence electrons. The van der Waals surface area contributed by atoms with Crippen molar-refractivity contribution in [1.29, 1.82) is 0 Å². The Kier molecular flexibility index (Phi) is 5.71. The molecule has 2 aromatic carbocycles. The standard InChI is InChI=1S/C20H17ClN2O3/c1-25-19-9-7-15(12-17(19)21)18-10-8-16(26-18)13-22-23-20(24)11-14-5-3-2-4-6-14/h2-10,12-13H,11H2,1H3,(H,23,24)/b22-13-. The highest BCUT2D eigenvalue weighted by molar-refractivity contribution is 6.32. The molecular weight excluding hydrogens is 352 g/mol. The smallest absolute Gasteiger partial charge is 0.244 e. The molecule has 1 amide bonds.